The number of fused-ring (bicyclic) bond motifs is 1. The average Bonchev–Trinajstić information content (AvgIpc) is 2.48. The SMILES string of the molecule is O=[N+]([O-])c1cc(Cc2ccccc2)c2ccccc2n1. The van der Waals surface area contributed by atoms with Crippen molar-refractivity contribution >= 4 is 16.7 Å². The standard InChI is InChI=1S/C16H12N2O2/c19-18(20)16-11-13(10-12-6-2-1-3-7-12)14-8-4-5-9-15(14)17-16/h1-9,11H,10H2. The minimum absolute atomic E-state index is 0.102. The Hall–Kier alpha value is -2.75. The highest BCUT2D eigenvalue weighted by atomic mass is 16.6. The molecule has 1 aromatic heterocycles. The lowest BCUT2D eigenvalue weighted by atomic mass is 10.0. The van der Waals surface area contributed by atoms with E-state index >= 15 is 0 Å². The van der Waals surface area contributed by atoms with Crippen LogP contribution in [0.15, 0.2) is 60.7 Å². The van der Waals surface area contributed by atoms with E-state index in [1.807, 2.05) is 48.5 Å². The minimum atomic E-state index is -0.444. The van der Waals surface area contributed by atoms with Gasteiger partial charge in [-0.15, -0.1) is 0 Å². The maximum absolute atomic E-state index is 11.0. The second-order valence-electron chi connectivity index (χ2n) is 4.58. The summed E-state index contributed by atoms with van der Waals surface area (Å²) in [4.78, 5) is 14.6. The third-order valence-corrected chi connectivity index (χ3v) is 3.21. The van der Waals surface area contributed by atoms with Crippen LogP contribution in [0.2, 0.25) is 0 Å². The number of hydrogen-bond donors (Lipinski definition) is 0. The summed E-state index contributed by atoms with van der Waals surface area (Å²) in [5.74, 6) is -0.102. The first kappa shape index (κ1) is 12.3. The van der Waals surface area contributed by atoms with Gasteiger partial charge in [-0.25, -0.2) is 0 Å². The largest absolute Gasteiger partial charge is 0.364 e. The third kappa shape index (κ3) is 2.36. The van der Waals surface area contributed by atoms with Crippen molar-refractivity contribution in [3.63, 3.8) is 0 Å². The number of nitro groups is 1. The van der Waals surface area contributed by atoms with Crippen LogP contribution in [0, 0.1) is 10.1 Å². The number of aromatic nitrogens is 1. The van der Waals surface area contributed by atoms with Gasteiger partial charge in [0.15, 0.2) is 5.52 Å². The molecule has 0 fully saturated rings. The predicted octanol–water partition coefficient (Wildman–Crippen LogP) is 3.73. The van der Waals surface area contributed by atoms with Crippen LogP contribution in [0.25, 0.3) is 10.9 Å². The van der Waals surface area contributed by atoms with Crippen LogP contribution in [0.5, 0.6) is 0 Å². The summed E-state index contributed by atoms with van der Waals surface area (Å²) in [5, 5.41) is 12.0. The number of nitrogens with zero attached hydrogens (tertiary/aromatic N) is 2. The molecule has 0 bridgehead atoms. The van der Waals surface area contributed by atoms with E-state index in [4.69, 9.17) is 0 Å². The lowest BCUT2D eigenvalue weighted by Crippen LogP contribution is -1.97. The van der Waals surface area contributed by atoms with Gasteiger partial charge in [-0.3, -0.25) is 0 Å². The monoisotopic (exact) mass is 264 g/mol. The first-order valence-electron chi connectivity index (χ1n) is 6.31. The van der Waals surface area contributed by atoms with Gasteiger partial charge in [0.2, 0.25) is 0 Å². The molecular formula is C16H12N2O2. The Morgan fingerprint density at radius 2 is 1.70 bits per heavy atom. The van der Waals surface area contributed by atoms with E-state index in [1.165, 1.54) is 0 Å². The van der Waals surface area contributed by atoms with E-state index in [0.717, 1.165) is 16.5 Å². The van der Waals surface area contributed by atoms with Crippen molar-refractivity contribution in [3.8, 4) is 0 Å². The molecule has 20 heavy (non-hydrogen) atoms. The normalized spacial score (nSPS) is 10.6. The number of hydrogen-bond acceptors (Lipinski definition) is 3. The topological polar surface area (TPSA) is 56.0 Å². The van der Waals surface area contributed by atoms with Crippen LogP contribution >= 0.6 is 0 Å². The van der Waals surface area contributed by atoms with Gasteiger partial charge in [-0.2, -0.15) is 0 Å². The van der Waals surface area contributed by atoms with Crippen molar-refractivity contribution in [2.75, 3.05) is 0 Å². The summed E-state index contributed by atoms with van der Waals surface area (Å²) < 4.78 is 0. The van der Waals surface area contributed by atoms with Crippen molar-refractivity contribution in [2.45, 2.75) is 6.42 Å². The van der Waals surface area contributed by atoms with Gasteiger partial charge < -0.3 is 10.1 Å². The number of benzene rings is 2. The Morgan fingerprint density at radius 1 is 1.00 bits per heavy atom. The number of para-hydroxylation sites is 1. The molecule has 0 unspecified atom stereocenters. The highest BCUT2D eigenvalue weighted by Gasteiger charge is 2.14. The van der Waals surface area contributed by atoms with Gasteiger partial charge in [0.25, 0.3) is 0 Å². The zero-order valence-electron chi connectivity index (χ0n) is 10.7. The molecule has 0 aliphatic rings. The molecule has 3 rings (SSSR count). The van der Waals surface area contributed by atoms with Crippen LogP contribution in [0.4, 0.5) is 5.82 Å². The fourth-order valence-electron chi connectivity index (χ4n) is 2.29. The van der Waals surface area contributed by atoms with Crippen LogP contribution in [0.1, 0.15) is 11.1 Å². The Bertz CT molecular complexity index is 770. The molecule has 4 heteroatoms. The number of pyridine rings is 1. The smallest absolute Gasteiger partial charge is 0.358 e. The van der Waals surface area contributed by atoms with Crippen LogP contribution < -0.4 is 0 Å². The molecule has 0 saturated heterocycles. The molecule has 0 radical (unpaired) electrons. The van der Waals surface area contributed by atoms with E-state index in [0.29, 0.717) is 11.9 Å². The van der Waals surface area contributed by atoms with E-state index in [2.05, 4.69) is 4.98 Å². The van der Waals surface area contributed by atoms with E-state index in [-0.39, 0.29) is 5.82 Å². The summed E-state index contributed by atoms with van der Waals surface area (Å²) in [6.45, 7) is 0. The highest BCUT2D eigenvalue weighted by Crippen LogP contribution is 2.24. The fourth-order valence-corrected chi connectivity index (χ4v) is 2.29. The van der Waals surface area contributed by atoms with Gasteiger partial charge in [0.05, 0.1) is 0 Å². The summed E-state index contributed by atoms with van der Waals surface area (Å²) in [6, 6.07) is 19.0. The Morgan fingerprint density at radius 3 is 2.45 bits per heavy atom. The Kier molecular flexibility index (Phi) is 3.13. The summed E-state index contributed by atoms with van der Waals surface area (Å²) >= 11 is 0. The molecule has 98 valence electrons. The van der Waals surface area contributed by atoms with E-state index in [1.54, 1.807) is 12.1 Å². The second kappa shape index (κ2) is 5.09. The second-order valence-corrected chi connectivity index (χ2v) is 4.58. The fraction of sp³-hybridized carbons (Fsp3) is 0.0625. The number of rotatable bonds is 3. The van der Waals surface area contributed by atoms with Crippen LogP contribution in [-0.4, -0.2) is 9.91 Å². The maximum atomic E-state index is 11.0. The third-order valence-electron chi connectivity index (χ3n) is 3.21. The minimum Gasteiger partial charge on any atom is -0.358 e. The van der Waals surface area contributed by atoms with Gasteiger partial charge >= 0.3 is 5.82 Å². The molecule has 0 aliphatic heterocycles. The molecule has 2 aromatic carbocycles. The molecule has 1 heterocycles. The quantitative estimate of drug-likeness (QED) is 0.535. The summed E-state index contributed by atoms with van der Waals surface area (Å²) in [6.07, 6.45) is 0.657. The average molecular weight is 264 g/mol. The zero-order chi connectivity index (χ0) is 13.9. The summed E-state index contributed by atoms with van der Waals surface area (Å²) in [7, 11) is 0. The lowest BCUT2D eigenvalue weighted by molar-refractivity contribution is -0.389. The van der Waals surface area contributed by atoms with Crippen molar-refractivity contribution in [1.82, 2.24) is 4.98 Å². The van der Waals surface area contributed by atoms with E-state index in [9.17, 15) is 10.1 Å². The van der Waals surface area contributed by atoms with Gasteiger partial charge in [0, 0.05) is 11.5 Å². The van der Waals surface area contributed by atoms with Crippen molar-refractivity contribution < 1.29 is 4.92 Å². The first-order chi connectivity index (χ1) is 9.74. The van der Waals surface area contributed by atoms with Crippen LogP contribution in [0.3, 0.4) is 0 Å². The molecule has 4 nitrogen and oxygen atoms in total. The van der Waals surface area contributed by atoms with Crippen molar-refractivity contribution in [3.05, 3.63) is 81.9 Å². The molecule has 0 amide bonds. The highest BCUT2D eigenvalue weighted by molar-refractivity contribution is 5.83. The van der Waals surface area contributed by atoms with Gasteiger partial charge in [0.1, 0.15) is 0 Å². The first-order valence-corrected chi connectivity index (χ1v) is 6.31. The summed E-state index contributed by atoms with van der Waals surface area (Å²) in [5.41, 5.74) is 2.71. The zero-order valence-corrected chi connectivity index (χ0v) is 10.7. The molecule has 0 spiro atoms. The Labute approximate surface area is 115 Å². The van der Waals surface area contributed by atoms with E-state index < -0.39 is 4.92 Å². The molecule has 0 aliphatic carbocycles. The van der Waals surface area contributed by atoms with Gasteiger partial charge in [-0.05, 0) is 33.5 Å². The molecular weight excluding hydrogens is 252 g/mol. The predicted molar refractivity (Wildman–Crippen MR) is 77.6 cm³/mol. The molecule has 3 aromatic rings. The molecule has 0 saturated carbocycles. The Balaban J connectivity index is 2.15. The van der Waals surface area contributed by atoms with Crippen LogP contribution in [-0.2, 0) is 6.42 Å². The molecule has 0 N–H and O–H groups in total. The molecule has 0 atom stereocenters. The van der Waals surface area contributed by atoms with Crippen molar-refractivity contribution in [1.29, 1.82) is 0 Å². The van der Waals surface area contributed by atoms with Crippen molar-refractivity contribution in [2.24, 2.45) is 0 Å². The lowest BCUT2D eigenvalue weighted by Gasteiger charge is -2.05. The van der Waals surface area contributed by atoms with Gasteiger partial charge in [-0.1, -0.05) is 48.5 Å². The maximum Gasteiger partial charge on any atom is 0.364 e.